The van der Waals surface area contributed by atoms with E-state index in [4.69, 9.17) is 4.98 Å². The van der Waals surface area contributed by atoms with Gasteiger partial charge >= 0.3 is 6.03 Å². The molecule has 6 heteroatoms. The fourth-order valence-corrected chi connectivity index (χ4v) is 5.04. The number of hydrogen-bond donors (Lipinski definition) is 1. The van der Waals surface area contributed by atoms with Crippen LogP contribution in [-0.2, 0) is 0 Å². The summed E-state index contributed by atoms with van der Waals surface area (Å²) in [6.07, 6.45) is 0. The molecule has 0 saturated carbocycles. The summed E-state index contributed by atoms with van der Waals surface area (Å²) in [5, 5.41) is 4.09. The monoisotopic (exact) mass is 394 g/mol. The zero-order chi connectivity index (χ0) is 19.8. The van der Waals surface area contributed by atoms with Crippen molar-refractivity contribution in [3.05, 3.63) is 52.6 Å². The van der Waals surface area contributed by atoms with Crippen LogP contribution in [-0.4, -0.2) is 42.1 Å². The average Bonchev–Trinajstić information content (AvgIpc) is 3.05. The number of benzene rings is 2. The minimum atomic E-state index is -0.0274. The molecule has 0 spiro atoms. The highest BCUT2D eigenvalue weighted by Crippen LogP contribution is 2.32. The number of rotatable bonds is 2. The summed E-state index contributed by atoms with van der Waals surface area (Å²) < 4.78 is 1.24. The van der Waals surface area contributed by atoms with Crippen LogP contribution in [0.1, 0.15) is 22.3 Å². The number of amides is 2. The van der Waals surface area contributed by atoms with E-state index in [1.165, 1.54) is 15.8 Å². The molecule has 2 heterocycles. The van der Waals surface area contributed by atoms with Crippen molar-refractivity contribution in [3.63, 3.8) is 0 Å². The second-order valence-corrected chi connectivity index (χ2v) is 8.71. The van der Waals surface area contributed by atoms with Crippen molar-refractivity contribution in [2.75, 3.05) is 36.4 Å². The standard InChI is InChI=1S/C22H26N4OS/c1-14-9-15(2)12-18(11-14)23-21(27)25-5-7-26(8-6-25)22-24-20-17(4)10-16(3)13-19(20)28-22/h9-13H,5-8H2,1-4H3,(H,23,27). The Bertz CT molecular complexity index is 1010. The Morgan fingerprint density at radius 2 is 1.57 bits per heavy atom. The molecule has 0 aliphatic carbocycles. The molecular weight excluding hydrogens is 368 g/mol. The largest absolute Gasteiger partial charge is 0.345 e. The smallest absolute Gasteiger partial charge is 0.321 e. The third-order valence-corrected chi connectivity index (χ3v) is 6.19. The molecule has 0 unspecified atom stereocenters. The lowest BCUT2D eigenvalue weighted by Gasteiger charge is -2.34. The van der Waals surface area contributed by atoms with Gasteiger partial charge in [-0.25, -0.2) is 9.78 Å². The molecule has 2 amide bonds. The Balaban J connectivity index is 1.41. The number of carbonyl (C=O) groups excluding carboxylic acids is 1. The fraction of sp³-hybridized carbons (Fsp3) is 0.364. The number of nitrogens with zero attached hydrogens (tertiary/aromatic N) is 3. The number of thiazole rings is 1. The molecule has 1 N–H and O–H groups in total. The number of fused-ring (bicyclic) bond motifs is 1. The highest BCUT2D eigenvalue weighted by atomic mass is 32.1. The molecule has 0 radical (unpaired) electrons. The van der Waals surface area contributed by atoms with E-state index in [1.54, 1.807) is 11.3 Å². The van der Waals surface area contributed by atoms with E-state index in [9.17, 15) is 4.79 Å². The number of hydrogen-bond acceptors (Lipinski definition) is 4. The fourth-order valence-electron chi connectivity index (χ4n) is 3.84. The van der Waals surface area contributed by atoms with Crippen LogP contribution in [0.3, 0.4) is 0 Å². The van der Waals surface area contributed by atoms with Gasteiger partial charge in [0.25, 0.3) is 0 Å². The molecule has 1 saturated heterocycles. The van der Waals surface area contributed by atoms with Gasteiger partial charge in [0.15, 0.2) is 5.13 Å². The minimum Gasteiger partial charge on any atom is -0.345 e. The van der Waals surface area contributed by atoms with Crippen LogP contribution in [0.4, 0.5) is 15.6 Å². The number of carbonyl (C=O) groups is 1. The first-order chi connectivity index (χ1) is 13.4. The first kappa shape index (κ1) is 18.7. The summed E-state index contributed by atoms with van der Waals surface area (Å²) in [5.74, 6) is 0. The van der Waals surface area contributed by atoms with Gasteiger partial charge in [0.1, 0.15) is 0 Å². The van der Waals surface area contributed by atoms with Crippen molar-refractivity contribution in [3.8, 4) is 0 Å². The summed E-state index contributed by atoms with van der Waals surface area (Å²) in [6, 6.07) is 10.5. The van der Waals surface area contributed by atoms with Crippen molar-refractivity contribution in [2.45, 2.75) is 27.7 Å². The lowest BCUT2D eigenvalue weighted by molar-refractivity contribution is 0.208. The summed E-state index contributed by atoms with van der Waals surface area (Å²) in [6.45, 7) is 11.3. The van der Waals surface area contributed by atoms with Crippen LogP contribution in [0, 0.1) is 27.7 Å². The molecule has 1 aromatic heterocycles. The van der Waals surface area contributed by atoms with Gasteiger partial charge in [-0.1, -0.05) is 23.5 Å². The van der Waals surface area contributed by atoms with Crippen LogP contribution in [0.5, 0.6) is 0 Å². The maximum absolute atomic E-state index is 12.6. The summed E-state index contributed by atoms with van der Waals surface area (Å²) in [5.41, 5.74) is 6.77. The number of aryl methyl sites for hydroxylation is 4. The topological polar surface area (TPSA) is 48.5 Å². The molecule has 28 heavy (non-hydrogen) atoms. The van der Waals surface area contributed by atoms with E-state index in [1.807, 2.05) is 30.9 Å². The van der Waals surface area contributed by atoms with Gasteiger partial charge in [-0.05, 0) is 68.1 Å². The summed E-state index contributed by atoms with van der Waals surface area (Å²) in [7, 11) is 0. The Morgan fingerprint density at radius 1 is 0.929 bits per heavy atom. The van der Waals surface area contributed by atoms with Gasteiger partial charge in [-0.15, -0.1) is 0 Å². The number of urea groups is 1. The quantitative estimate of drug-likeness (QED) is 0.674. The van der Waals surface area contributed by atoms with Crippen molar-refractivity contribution in [1.29, 1.82) is 0 Å². The molecule has 1 aliphatic rings. The number of anilines is 2. The Kier molecular flexibility index (Phi) is 4.98. The average molecular weight is 395 g/mol. The zero-order valence-electron chi connectivity index (χ0n) is 16.9. The molecule has 1 aliphatic heterocycles. The van der Waals surface area contributed by atoms with Crippen LogP contribution < -0.4 is 10.2 Å². The van der Waals surface area contributed by atoms with Crippen molar-refractivity contribution >= 4 is 38.4 Å². The summed E-state index contributed by atoms with van der Waals surface area (Å²) >= 11 is 1.74. The molecular formula is C22H26N4OS. The third kappa shape index (κ3) is 3.83. The maximum Gasteiger partial charge on any atom is 0.321 e. The molecule has 146 valence electrons. The van der Waals surface area contributed by atoms with E-state index in [0.717, 1.165) is 40.6 Å². The molecule has 5 nitrogen and oxygen atoms in total. The lowest BCUT2D eigenvalue weighted by Crippen LogP contribution is -2.50. The Hall–Kier alpha value is -2.60. The Morgan fingerprint density at radius 3 is 2.25 bits per heavy atom. The van der Waals surface area contributed by atoms with E-state index in [-0.39, 0.29) is 6.03 Å². The predicted octanol–water partition coefficient (Wildman–Crippen LogP) is 4.88. The van der Waals surface area contributed by atoms with Crippen LogP contribution in [0.15, 0.2) is 30.3 Å². The normalized spacial score (nSPS) is 14.6. The molecule has 1 fully saturated rings. The second-order valence-electron chi connectivity index (χ2n) is 7.71. The van der Waals surface area contributed by atoms with Gasteiger partial charge in [0.2, 0.25) is 0 Å². The Labute approximate surface area is 170 Å². The first-order valence-electron chi connectivity index (χ1n) is 9.66. The van der Waals surface area contributed by atoms with Gasteiger partial charge in [-0.3, -0.25) is 0 Å². The third-order valence-electron chi connectivity index (χ3n) is 5.13. The highest BCUT2D eigenvalue weighted by molar-refractivity contribution is 7.22. The second kappa shape index (κ2) is 7.43. The molecule has 0 bridgehead atoms. The molecule has 0 atom stereocenters. The van der Waals surface area contributed by atoms with E-state index >= 15 is 0 Å². The number of piperazine rings is 1. The van der Waals surface area contributed by atoms with Crippen molar-refractivity contribution in [1.82, 2.24) is 9.88 Å². The van der Waals surface area contributed by atoms with Crippen LogP contribution >= 0.6 is 11.3 Å². The van der Waals surface area contributed by atoms with Gasteiger partial charge < -0.3 is 15.1 Å². The van der Waals surface area contributed by atoms with E-state index in [2.05, 4.69) is 42.3 Å². The number of nitrogens with one attached hydrogen (secondary N) is 1. The molecule has 3 aromatic rings. The van der Waals surface area contributed by atoms with Gasteiger partial charge in [0.05, 0.1) is 10.2 Å². The molecule has 2 aromatic carbocycles. The van der Waals surface area contributed by atoms with Gasteiger partial charge in [0, 0.05) is 31.9 Å². The highest BCUT2D eigenvalue weighted by Gasteiger charge is 2.23. The summed E-state index contributed by atoms with van der Waals surface area (Å²) in [4.78, 5) is 21.7. The van der Waals surface area contributed by atoms with E-state index < -0.39 is 0 Å². The lowest BCUT2D eigenvalue weighted by atomic mass is 10.1. The minimum absolute atomic E-state index is 0.0274. The van der Waals surface area contributed by atoms with Crippen LogP contribution in [0.25, 0.3) is 10.2 Å². The zero-order valence-corrected chi connectivity index (χ0v) is 17.7. The molecule has 4 rings (SSSR count). The SMILES string of the molecule is Cc1cc(C)cc(NC(=O)N2CCN(c3nc4c(C)cc(C)cc4s3)CC2)c1. The first-order valence-corrected chi connectivity index (χ1v) is 10.5. The maximum atomic E-state index is 12.6. The van der Waals surface area contributed by atoms with E-state index in [0.29, 0.717) is 13.1 Å². The number of aromatic nitrogens is 1. The predicted molar refractivity (Wildman–Crippen MR) is 118 cm³/mol. The van der Waals surface area contributed by atoms with Gasteiger partial charge in [-0.2, -0.15) is 0 Å². The van der Waals surface area contributed by atoms with Crippen molar-refractivity contribution < 1.29 is 4.79 Å². The van der Waals surface area contributed by atoms with Crippen LogP contribution in [0.2, 0.25) is 0 Å². The van der Waals surface area contributed by atoms with Crippen molar-refractivity contribution in [2.24, 2.45) is 0 Å².